The first-order chi connectivity index (χ1) is 16.4. The van der Waals surface area contributed by atoms with E-state index >= 15 is 4.39 Å². The summed E-state index contributed by atoms with van der Waals surface area (Å²) in [6.45, 7) is 1.35. The number of carbonyl (C=O) groups is 4. The first kappa shape index (κ1) is 23.0. The number of nitrogens with zero attached hydrogens (tertiary/aromatic N) is 2. The summed E-state index contributed by atoms with van der Waals surface area (Å²) in [5, 5.41) is 2.27. The van der Waals surface area contributed by atoms with Crippen LogP contribution in [0.15, 0.2) is 12.1 Å². The van der Waals surface area contributed by atoms with Crippen LogP contribution in [0.1, 0.15) is 67.3 Å². The number of amides is 3. The molecule has 182 valence electrons. The van der Waals surface area contributed by atoms with E-state index in [4.69, 9.17) is 4.74 Å². The van der Waals surface area contributed by atoms with Gasteiger partial charge < -0.3 is 19.3 Å². The normalized spacial score (nSPS) is 28.1. The van der Waals surface area contributed by atoms with Crippen LogP contribution in [0.3, 0.4) is 0 Å². The van der Waals surface area contributed by atoms with Gasteiger partial charge in [0.1, 0.15) is 12.3 Å². The van der Waals surface area contributed by atoms with Crippen molar-refractivity contribution in [1.82, 2.24) is 10.2 Å². The van der Waals surface area contributed by atoms with Gasteiger partial charge in [-0.15, -0.1) is 0 Å². The smallest absolute Gasteiger partial charge is 0.255 e. The largest absolute Gasteiger partial charge is 0.375 e. The van der Waals surface area contributed by atoms with Gasteiger partial charge in [0.25, 0.3) is 5.91 Å². The highest BCUT2D eigenvalue weighted by atomic mass is 19.1. The number of hydrogen-bond acceptors (Lipinski definition) is 6. The molecule has 0 aromatic heterocycles. The van der Waals surface area contributed by atoms with E-state index in [1.165, 1.54) is 4.90 Å². The first-order valence-corrected chi connectivity index (χ1v) is 12.3. The molecule has 3 fully saturated rings. The highest BCUT2D eigenvalue weighted by molar-refractivity contribution is 6.05. The second-order valence-corrected chi connectivity index (χ2v) is 9.82. The second-order valence-electron chi connectivity index (χ2n) is 9.82. The van der Waals surface area contributed by atoms with Crippen molar-refractivity contribution in [2.75, 3.05) is 18.0 Å². The van der Waals surface area contributed by atoms with E-state index in [0.717, 1.165) is 44.8 Å². The van der Waals surface area contributed by atoms with E-state index in [0.29, 0.717) is 24.3 Å². The van der Waals surface area contributed by atoms with Crippen LogP contribution in [0, 0.1) is 11.7 Å². The molecule has 3 heterocycles. The predicted molar refractivity (Wildman–Crippen MR) is 121 cm³/mol. The highest BCUT2D eigenvalue weighted by Crippen LogP contribution is 2.35. The zero-order valence-corrected chi connectivity index (χ0v) is 19.1. The van der Waals surface area contributed by atoms with Gasteiger partial charge in [-0.3, -0.25) is 19.7 Å². The summed E-state index contributed by atoms with van der Waals surface area (Å²) in [4.78, 5) is 50.9. The Hall–Kier alpha value is -2.81. The van der Waals surface area contributed by atoms with Gasteiger partial charge in [0.2, 0.25) is 11.8 Å². The molecule has 3 aliphatic heterocycles. The molecule has 8 nitrogen and oxygen atoms in total. The van der Waals surface area contributed by atoms with Crippen molar-refractivity contribution in [1.29, 1.82) is 0 Å². The Kier molecular flexibility index (Phi) is 6.38. The molecule has 1 aromatic rings. The molecule has 9 heteroatoms. The SMILES string of the molecule is O=C[C@H]1CC[C@H](OC2CCN(c3ccc4c(c3F)CN(C3CCC(=O)NC3=O)C4=O)CC2)CC1. The number of nitrogens with one attached hydrogen (secondary N) is 1. The quantitative estimate of drug-likeness (QED) is 0.523. The third kappa shape index (κ3) is 4.33. The van der Waals surface area contributed by atoms with Gasteiger partial charge in [0, 0.05) is 36.6 Å². The molecular formula is C25H30FN3O5. The maximum Gasteiger partial charge on any atom is 0.255 e. The third-order valence-electron chi connectivity index (χ3n) is 7.71. The third-order valence-corrected chi connectivity index (χ3v) is 7.71. The van der Waals surface area contributed by atoms with Crippen molar-refractivity contribution in [3.05, 3.63) is 29.1 Å². The molecule has 1 saturated carbocycles. The van der Waals surface area contributed by atoms with E-state index in [2.05, 4.69) is 5.32 Å². The molecule has 1 N–H and O–H groups in total. The number of piperidine rings is 2. The molecule has 0 bridgehead atoms. The Morgan fingerprint density at radius 2 is 1.68 bits per heavy atom. The molecule has 2 saturated heterocycles. The molecule has 0 radical (unpaired) electrons. The lowest BCUT2D eigenvalue weighted by Crippen LogP contribution is -2.52. The number of carbonyl (C=O) groups excluding carboxylic acids is 4. The molecule has 1 aromatic carbocycles. The molecule has 5 rings (SSSR count). The molecule has 0 spiro atoms. The summed E-state index contributed by atoms with van der Waals surface area (Å²) in [6, 6.07) is 2.55. The Morgan fingerprint density at radius 3 is 2.35 bits per heavy atom. The minimum Gasteiger partial charge on any atom is -0.375 e. The van der Waals surface area contributed by atoms with E-state index in [9.17, 15) is 19.2 Å². The van der Waals surface area contributed by atoms with Crippen LogP contribution in [0.25, 0.3) is 0 Å². The van der Waals surface area contributed by atoms with Crippen molar-refractivity contribution in [2.24, 2.45) is 5.92 Å². The number of aldehydes is 1. The van der Waals surface area contributed by atoms with Gasteiger partial charge in [-0.05, 0) is 57.1 Å². The summed E-state index contributed by atoms with van der Waals surface area (Å²) in [6.07, 6.45) is 7.02. The lowest BCUT2D eigenvalue weighted by atomic mass is 9.88. The lowest BCUT2D eigenvalue weighted by molar-refractivity contribution is -0.137. The minimum atomic E-state index is -0.755. The number of halogens is 1. The zero-order chi connectivity index (χ0) is 23.8. The van der Waals surface area contributed by atoms with Gasteiger partial charge in [-0.2, -0.15) is 0 Å². The Balaban J connectivity index is 1.21. The van der Waals surface area contributed by atoms with Gasteiger partial charge in [0.05, 0.1) is 24.4 Å². The van der Waals surface area contributed by atoms with Crippen molar-refractivity contribution in [3.63, 3.8) is 0 Å². The van der Waals surface area contributed by atoms with Gasteiger partial charge in [0.15, 0.2) is 5.82 Å². The van der Waals surface area contributed by atoms with Crippen LogP contribution in [-0.4, -0.2) is 60.2 Å². The summed E-state index contributed by atoms with van der Waals surface area (Å²) in [5.74, 6) is -1.46. The van der Waals surface area contributed by atoms with E-state index in [1.54, 1.807) is 12.1 Å². The molecule has 4 aliphatic rings. The number of anilines is 1. The fourth-order valence-corrected chi connectivity index (χ4v) is 5.70. The van der Waals surface area contributed by atoms with Crippen molar-refractivity contribution in [3.8, 4) is 0 Å². The lowest BCUT2D eigenvalue weighted by Gasteiger charge is -2.36. The number of rotatable bonds is 5. The summed E-state index contributed by atoms with van der Waals surface area (Å²) >= 11 is 0. The van der Waals surface area contributed by atoms with Gasteiger partial charge in [-0.1, -0.05) is 0 Å². The fourth-order valence-electron chi connectivity index (χ4n) is 5.70. The Labute approximate surface area is 197 Å². The van der Waals surface area contributed by atoms with Crippen molar-refractivity contribution >= 4 is 29.7 Å². The summed E-state index contributed by atoms with van der Waals surface area (Å²) < 4.78 is 21.8. The van der Waals surface area contributed by atoms with E-state index in [1.807, 2.05) is 4.90 Å². The summed E-state index contributed by atoms with van der Waals surface area (Å²) in [5.41, 5.74) is 1.08. The second kappa shape index (κ2) is 9.44. The Bertz CT molecular complexity index is 999. The standard InChI is InChI=1S/C25H30FN3O5/c26-23-19-13-29(21-7-8-22(31)27-24(21)32)25(33)18(19)5-6-20(23)28-11-9-17(10-12-28)34-16-3-1-15(14-30)2-4-16/h5-6,14-17,21H,1-4,7-13H2,(H,27,31,32)/t15-,16-,21?. The van der Waals surface area contributed by atoms with Crippen LogP contribution in [0.4, 0.5) is 10.1 Å². The highest BCUT2D eigenvalue weighted by Gasteiger charge is 2.41. The molecule has 34 heavy (non-hydrogen) atoms. The number of benzene rings is 1. The maximum absolute atomic E-state index is 15.5. The van der Waals surface area contributed by atoms with Crippen molar-refractivity contribution < 1.29 is 28.3 Å². The van der Waals surface area contributed by atoms with Crippen LogP contribution < -0.4 is 10.2 Å². The number of ether oxygens (including phenoxy) is 1. The number of imide groups is 1. The Morgan fingerprint density at radius 1 is 0.971 bits per heavy atom. The molecule has 1 aliphatic carbocycles. The molecular weight excluding hydrogens is 441 g/mol. The summed E-state index contributed by atoms with van der Waals surface area (Å²) in [7, 11) is 0. The van der Waals surface area contributed by atoms with Crippen molar-refractivity contribution in [2.45, 2.75) is 76.2 Å². The van der Waals surface area contributed by atoms with Crippen LogP contribution in [0.5, 0.6) is 0 Å². The monoisotopic (exact) mass is 471 g/mol. The first-order valence-electron chi connectivity index (χ1n) is 12.3. The fraction of sp³-hybridized carbons (Fsp3) is 0.600. The van der Waals surface area contributed by atoms with Crippen LogP contribution in [0.2, 0.25) is 0 Å². The van der Waals surface area contributed by atoms with Gasteiger partial charge in [-0.25, -0.2) is 4.39 Å². The zero-order valence-electron chi connectivity index (χ0n) is 19.1. The van der Waals surface area contributed by atoms with Crippen LogP contribution in [-0.2, 0) is 25.7 Å². The maximum atomic E-state index is 15.5. The van der Waals surface area contributed by atoms with Crippen LogP contribution >= 0.6 is 0 Å². The number of fused-ring (bicyclic) bond motifs is 1. The topological polar surface area (TPSA) is 96.0 Å². The molecule has 3 amide bonds. The average molecular weight is 472 g/mol. The minimum absolute atomic E-state index is 0.0309. The average Bonchev–Trinajstić information content (AvgIpc) is 3.17. The van der Waals surface area contributed by atoms with E-state index in [-0.39, 0.29) is 54.9 Å². The van der Waals surface area contributed by atoms with Gasteiger partial charge >= 0.3 is 0 Å². The number of hydrogen-bond donors (Lipinski definition) is 1. The predicted octanol–water partition coefficient (Wildman–Crippen LogP) is 2.33. The molecule has 1 atom stereocenters. The molecule has 1 unspecified atom stereocenters. The van der Waals surface area contributed by atoms with E-state index < -0.39 is 17.8 Å².